The third kappa shape index (κ3) is 5.06. The molecule has 4 heterocycles. The van der Waals surface area contributed by atoms with Gasteiger partial charge in [-0.2, -0.15) is 0 Å². The topological polar surface area (TPSA) is 132 Å². The minimum Gasteiger partial charge on any atom is -0.486 e. The van der Waals surface area contributed by atoms with E-state index in [1.54, 1.807) is 36.4 Å². The lowest BCUT2D eigenvalue weighted by molar-refractivity contribution is 0.134. The van der Waals surface area contributed by atoms with Crippen molar-refractivity contribution in [3.63, 3.8) is 0 Å². The molecule has 0 saturated carbocycles. The molecule has 1 fully saturated rings. The molecule has 3 aromatic rings. The molecule has 2 unspecified atom stereocenters. The average Bonchev–Trinajstić information content (AvgIpc) is 3.29. The van der Waals surface area contributed by atoms with Gasteiger partial charge in [0.25, 0.3) is 0 Å². The number of aryl methyl sites for hydroxylation is 1. The van der Waals surface area contributed by atoms with Gasteiger partial charge in [0.05, 0.1) is 30.4 Å². The standard InChI is InChI=1S/C25H26N6O5/c1-33-23-9-7-20-24(28-23)16(10-11-27-20)2-3-17(29-30-26)4-6-19-15-31(25(32)36-19)18-5-8-21-22(14-18)35-13-12-34-21/h5,7-11,14,17,19H,2-4,6,12-13,15H2,1H3. The van der Waals surface area contributed by atoms with E-state index in [1.165, 1.54) is 0 Å². The molecular formula is C25H26N6O5. The van der Waals surface area contributed by atoms with E-state index in [1.807, 2.05) is 18.2 Å². The lowest BCUT2D eigenvalue weighted by Crippen LogP contribution is -2.25. The number of azide groups is 1. The molecule has 0 N–H and O–H groups in total. The Bertz CT molecular complexity index is 1310. The third-order valence-electron chi connectivity index (χ3n) is 6.35. The van der Waals surface area contributed by atoms with Crippen molar-refractivity contribution >= 4 is 22.8 Å². The van der Waals surface area contributed by atoms with Crippen molar-refractivity contribution in [3.05, 3.63) is 58.6 Å². The Labute approximate surface area is 207 Å². The summed E-state index contributed by atoms with van der Waals surface area (Å²) in [6.45, 7) is 1.40. The highest BCUT2D eigenvalue weighted by Crippen LogP contribution is 2.35. The van der Waals surface area contributed by atoms with Crippen LogP contribution in [0.1, 0.15) is 24.8 Å². The molecule has 36 heavy (non-hydrogen) atoms. The van der Waals surface area contributed by atoms with Crippen molar-refractivity contribution < 1.29 is 23.7 Å². The molecule has 2 aromatic heterocycles. The fourth-order valence-corrected chi connectivity index (χ4v) is 4.49. The third-order valence-corrected chi connectivity index (χ3v) is 6.35. The van der Waals surface area contributed by atoms with Gasteiger partial charge in [0, 0.05) is 29.3 Å². The maximum Gasteiger partial charge on any atom is 0.414 e. The number of carbonyl (C=O) groups excluding carboxylic acids is 1. The number of hydrogen-bond donors (Lipinski definition) is 0. The number of pyridine rings is 2. The van der Waals surface area contributed by atoms with Crippen molar-refractivity contribution in [3.8, 4) is 17.4 Å². The molecule has 2 aliphatic rings. The molecule has 2 aliphatic heterocycles. The molecule has 0 bridgehead atoms. The van der Waals surface area contributed by atoms with Crippen molar-refractivity contribution in [2.24, 2.45) is 5.11 Å². The number of hydrogen-bond acceptors (Lipinski definition) is 8. The van der Waals surface area contributed by atoms with E-state index in [9.17, 15) is 4.79 Å². The molecular weight excluding hydrogens is 464 g/mol. The van der Waals surface area contributed by atoms with Crippen LogP contribution in [0.3, 0.4) is 0 Å². The molecule has 0 spiro atoms. The predicted molar refractivity (Wildman–Crippen MR) is 132 cm³/mol. The SMILES string of the molecule is COc1ccc2nccc(CCC(CCC3CN(c4ccc5c(c4)OCCO5)C(=O)O3)N=[N+]=[N-])c2n1. The van der Waals surface area contributed by atoms with Crippen molar-refractivity contribution in [1.29, 1.82) is 0 Å². The highest BCUT2D eigenvalue weighted by Gasteiger charge is 2.33. The van der Waals surface area contributed by atoms with Gasteiger partial charge in [0.1, 0.15) is 19.3 Å². The molecule has 5 rings (SSSR count). The maximum atomic E-state index is 12.5. The quantitative estimate of drug-likeness (QED) is 0.238. The highest BCUT2D eigenvalue weighted by atomic mass is 16.6. The number of fused-ring (bicyclic) bond motifs is 2. The van der Waals surface area contributed by atoms with E-state index in [-0.39, 0.29) is 12.1 Å². The monoisotopic (exact) mass is 490 g/mol. The first-order valence-corrected chi connectivity index (χ1v) is 11.8. The van der Waals surface area contributed by atoms with E-state index in [2.05, 4.69) is 20.0 Å². The van der Waals surface area contributed by atoms with Crippen LogP contribution < -0.4 is 19.1 Å². The van der Waals surface area contributed by atoms with Crippen LogP contribution in [-0.4, -0.2) is 55.1 Å². The highest BCUT2D eigenvalue weighted by molar-refractivity contribution is 5.90. The minimum atomic E-state index is -0.403. The van der Waals surface area contributed by atoms with E-state index in [0.717, 1.165) is 16.6 Å². The van der Waals surface area contributed by atoms with E-state index < -0.39 is 6.09 Å². The number of ether oxygens (including phenoxy) is 4. The molecule has 186 valence electrons. The zero-order valence-electron chi connectivity index (χ0n) is 19.9. The van der Waals surface area contributed by atoms with Crippen LogP contribution in [0.2, 0.25) is 0 Å². The maximum absolute atomic E-state index is 12.5. The van der Waals surface area contributed by atoms with Gasteiger partial charge in [-0.15, -0.1) is 0 Å². The van der Waals surface area contributed by atoms with Crippen LogP contribution in [0, 0.1) is 0 Å². The first-order valence-electron chi connectivity index (χ1n) is 11.8. The Kier molecular flexibility index (Phi) is 6.90. The van der Waals surface area contributed by atoms with Crippen molar-refractivity contribution in [2.45, 2.75) is 37.8 Å². The molecule has 2 atom stereocenters. The van der Waals surface area contributed by atoms with Crippen molar-refractivity contribution in [1.82, 2.24) is 9.97 Å². The molecule has 0 aliphatic carbocycles. The number of anilines is 1. The molecule has 1 aromatic carbocycles. The number of aromatic nitrogens is 2. The predicted octanol–water partition coefficient (Wildman–Crippen LogP) is 4.83. The Morgan fingerprint density at radius 2 is 2.06 bits per heavy atom. The zero-order valence-corrected chi connectivity index (χ0v) is 19.9. The van der Waals surface area contributed by atoms with Crippen LogP contribution in [-0.2, 0) is 11.2 Å². The fourth-order valence-electron chi connectivity index (χ4n) is 4.49. The molecule has 11 nitrogen and oxygen atoms in total. The van der Waals surface area contributed by atoms with Crippen LogP contribution in [0.15, 0.2) is 47.7 Å². The van der Waals surface area contributed by atoms with Crippen LogP contribution >= 0.6 is 0 Å². The van der Waals surface area contributed by atoms with E-state index >= 15 is 0 Å². The Balaban J connectivity index is 1.20. The first kappa shape index (κ1) is 23.5. The Hall–Kier alpha value is -4.24. The van der Waals surface area contributed by atoms with Crippen LogP contribution in [0.5, 0.6) is 17.4 Å². The summed E-state index contributed by atoms with van der Waals surface area (Å²) >= 11 is 0. The van der Waals surface area contributed by atoms with Crippen LogP contribution in [0.25, 0.3) is 21.5 Å². The number of benzene rings is 1. The average molecular weight is 491 g/mol. The van der Waals surface area contributed by atoms with Crippen molar-refractivity contribution in [2.75, 3.05) is 31.8 Å². The van der Waals surface area contributed by atoms with Gasteiger partial charge in [-0.25, -0.2) is 9.78 Å². The number of amides is 1. The smallest absolute Gasteiger partial charge is 0.414 e. The second-order valence-electron chi connectivity index (χ2n) is 8.61. The number of carbonyl (C=O) groups is 1. The molecule has 1 saturated heterocycles. The minimum absolute atomic E-state index is 0.245. The Morgan fingerprint density at radius 1 is 1.19 bits per heavy atom. The molecule has 1 amide bonds. The summed E-state index contributed by atoms with van der Waals surface area (Å²) < 4.78 is 22.0. The largest absolute Gasteiger partial charge is 0.486 e. The summed E-state index contributed by atoms with van der Waals surface area (Å²) in [4.78, 5) is 26.1. The van der Waals surface area contributed by atoms with Gasteiger partial charge in [0.2, 0.25) is 5.88 Å². The normalized spacial score (nSPS) is 17.4. The van der Waals surface area contributed by atoms with Gasteiger partial charge in [-0.3, -0.25) is 9.88 Å². The summed E-state index contributed by atoms with van der Waals surface area (Å²) in [6, 6.07) is 10.7. The summed E-state index contributed by atoms with van der Waals surface area (Å²) in [5.41, 5.74) is 12.4. The number of rotatable bonds is 9. The molecule has 0 radical (unpaired) electrons. The first-order chi connectivity index (χ1) is 17.6. The zero-order chi connectivity index (χ0) is 24.9. The summed E-state index contributed by atoms with van der Waals surface area (Å²) in [5.74, 6) is 1.81. The Morgan fingerprint density at radius 3 is 2.89 bits per heavy atom. The van der Waals surface area contributed by atoms with Crippen LogP contribution in [0.4, 0.5) is 10.5 Å². The number of cyclic esters (lactones) is 1. The summed E-state index contributed by atoms with van der Waals surface area (Å²) in [6.07, 6.45) is 3.52. The lowest BCUT2D eigenvalue weighted by Gasteiger charge is -2.21. The molecule has 11 heteroatoms. The van der Waals surface area contributed by atoms with Gasteiger partial charge < -0.3 is 18.9 Å². The van der Waals surface area contributed by atoms with Gasteiger partial charge in [0.15, 0.2) is 11.5 Å². The summed E-state index contributed by atoms with van der Waals surface area (Å²) in [5, 5.41) is 3.99. The summed E-state index contributed by atoms with van der Waals surface area (Å²) in [7, 11) is 1.58. The van der Waals surface area contributed by atoms with E-state index in [4.69, 9.17) is 24.5 Å². The van der Waals surface area contributed by atoms with Gasteiger partial charge in [-0.05, 0) is 61.0 Å². The fraction of sp³-hybridized carbons (Fsp3) is 0.400. The second-order valence-corrected chi connectivity index (χ2v) is 8.61. The van der Waals surface area contributed by atoms with Gasteiger partial charge >= 0.3 is 6.09 Å². The number of nitrogens with zero attached hydrogens (tertiary/aromatic N) is 6. The second kappa shape index (κ2) is 10.6. The van der Waals surface area contributed by atoms with Gasteiger partial charge in [-0.1, -0.05) is 5.11 Å². The number of methoxy groups -OCH3 is 1. The lowest BCUT2D eigenvalue weighted by atomic mass is 10.00. The van der Waals surface area contributed by atoms with E-state index in [0.29, 0.717) is 68.5 Å².